The van der Waals surface area contributed by atoms with Crippen LogP contribution in [-0.4, -0.2) is 16.7 Å². The lowest BCUT2D eigenvalue weighted by molar-refractivity contribution is -0.121. The van der Waals surface area contributed by atoms with Gasteiger partial charge in [0.2, 0.25) is 5.91 Å². The number of aromatic nitrogens is 1. The van der Waals surface area contributed by atoms with Crippen LogP contribution >= 0.6 is 0 Å². The van der Waals surface area contributed by atoms with Gasteiger partial charge < -0.3 is 16.0 Å². The van der Waals surface area contributed by atoms with Gasteiger partial charge in [-0.05, 0) is 56.6 Å². The molecule has 1 unspecified atom stereocenters. The first-order valence-electron chi connectivity index (χ1n) is 7.70. The summed E-state index contributed by atoms with van der Waals surface area (Å²) in [7, 11) is 0. The number of carbonyl (C=O) groups excluding carboxylic acids is 1. The average molecular weight is 286 g/mol. The van der Waals surface area contributed by atoms with Gasteiger partial charge in [-0.15, -0.1) is 0 Å². The Kier molecular flexibility index (Phi) is 3.82. The lowest BCUT2D eigenvalue weighted by Crippen LogP contribution is -2.37. The van der Waals surface area contributed by atoms with Gasteiger partial charge in [-0.25, -0.2) is 0 Å². The molecule has 0 aliphatic heterocycles. The number of amidine groups is 1. The van der Waals surface area contributed by atoms with Crippen molar-refractivity contribution in [1.29, 1.82) is 5.41 Å². The Morgan fingerprint density at radius 3 is 2.90 bits per heavy atom. The third-order valence-electron chi connectivity index (χ3n) is 4.54. The molecule has 1 atom stereocenters. The number of amides is 1. The number of aryl methyl sites for hydroxylation is 1. The lowest BCUT2D eigenvalue weighted by Gasteiger charge is -2.23. The molecule has 1 heterocycles. The molecule has 0 aromatic carbocycles. The molecule has 5 N–H and O–H groups in total. The second-order valence-electron chi connectivity index (χ2n) is 5.93. The highest BCUT2D eigenvalue weighted by molar-refractivity contribution is 6.08. The maximum absolute atomic E-state index is 12.5. The second kappa shape index (κ2) is 5.76. The Balaban J connectivity index is 1.72. The van der Waals surface area contributed by atoms with Gasteiger partial charge in [0, 0.05) is 23.2 Å². The third-order valence-corrected chi connectivity index (χ3v) is 4.54. The first-order chi connectivity index (χ1) is 10.2. The minimum absolute atomic E-state index is 0.0774. The van der Waals surface area contributed by atoms with Crippen LogP contribution in [-0.2, 0) is 11.2 Å². The van der Waals surface area contributed by atoms with Gasteiger partial charge in [-0.3, -0.25) is 10.2 Å². The molecule has 2 aliphatic carbocycles. The van der Waals surface area contributed by atoms with Gasteiger partial charge in [0.25, 0.3) is 0 Å². The van der Waals surface area contributed by atoms with E-state index in [4.69, 9.17) is 11.1 Å². The molecule has 112 valence electrons. The monoisotopic (exact) mass is 286 g/mol. The zero-order valence-electron chi connectivity index (χ0n) is 12.2. The van der Waals surface area contributed by atoms with Crippen LogP contribution in [0.5, 0.6) is 0 Å². The van der Waals surface area contributed by atoms with E-state index in [2.05, 4.69) is 10.3 Å². The van der Waals surface area contributed by atoms with E-state index in [0.717, 1.165) is 67.5 Å². The summed E-state index contributed by atoms with van der Waals surface area (Å²) in [5.41, 5.74) is 9.79. The SMILES string of the molecule is N=C(NC(=O)C1CCCc2[nH]ccc21)C1=C(N)CCCC1. The summed E-state index contributed by atoms with van der Waals surface area (Å²) in [5, 5.41) is 10.9. The number of aromatic amines is 1. The summed E-state index contributed by atoms with van der Waals surface area (Å²) in [6.45, 7) is 0. The second-order valence-corrected chi connectivity index (χ2v) is 5.93. The first-order valence-corrected chi connectivity index (χ1v) is 7.70. The number of hydrogen-bond donors (Lipinski definition) is 4. The fourth-order valence-corrected chi connectivity index (χ4v) is 3.37. The minimum atomic E-state index is -0.147. The van der Waals surface area contributed by atoms with Crippen LogP contribution in [0.1, 0.15) is 55.7 Å². The zero-order valence-corrected chi connectivity index (χ0v) is 12.2. The highest BCUT2D eigenvalue weighted by Gasteiger charge is 2.28. The first kappa shape index (κ1) is 13.9. The highest BCUT2D eigenvalue weighted by atomic mass is 16.1. The predicted molar refractivity (Wildman–Crippen MR) is 82.0 cm³/mol. The fourth-order valence-electron chi connectivity index (χ4n) is 3.37. The highest BCUT2D eigenvalue weighted by Crippen LogP contribution is 2.31. The fraction of sp³-hybridized carbons (Fsp3) is 0.500. The third kappa shape index (κ3) is 2.73. The van der Waals surface area contributed by atoms with Gasteiger partial charge in [0.15, 0.2) is 0 Å². The van der Waals surface area contributed by atoms with E-state index in [9.17, 15) is 4.79 Å². The number of nitrogens with two attached hydrogens (primary N) is 1. The van der Waals surface area contributed by atoms with E-state index >= 15 is 0 Å². The smallest absolute Gasteiger partial charge is 0.233 e. The number of rotatable bonds is 2. The number of allylic oxidation sites excluding steroid dienone is 1. The Morgan fingerprint density at radius 1 is 1.29 bits per heavy atom. The summed E-state index contributed by atoms with van der Waals surface area (Å²) in [4.78, 5) is 15.7. The van der Waals surface area contributed by atoms with Gasteiger partial charge in [-0.2, -0.15) is 0 Å². The van der Waals surface area contributed by atoms with Crippen LogP contribution in [0.15, 0.2) is 23.5 Å². The molecule has 3 rings (SSSR count). The minimum Gasteiger partial charge on any atom is -0.402 e. The van der Waals surface area contributed by atoms with E-state index < -0.39 is 0 Å². The van der Waals surface area contributed by atoms with Crippen molar-refractivity contribution in [2.24, 2.45) is 5.73 Å². The van der Waals surface area contributed by atoms with Gasteiger partial charge in [0.1, 0.15) is 5.84 Å². The van der Waals surface area contributed by atoms with E-state index in [1.165, 1.54) is 0 Å². The van der Waals surface area contributed by atoms with E-state index in [-0.39, 0.29) is 17.7 Å². The molecule has 0 saturated carbocycles. The summed E-state index contributed by atoms with van der Waals surface area (Å²) < 4.78 is 0. The number of hydrogen-bond acceptors (Lipinski definition) is 3. The molecule has 0 bridgehead atoms. The molecule has 1 aromatic rings. The van der Waals surface area contributed by atoms with Crippen LogP contribution in [0.25, 0.3) is 0 Å². The zero-order chi connectivity index (χ0) is 14.8. The van der Waals surface area contributed by atoms with Gasteiger partial charge in [0.05, 0.1) is 5.92 Å². The van der Waals surface area contributed by atoms with Crippen LogP contribution in [0.4, 0.5) is 0 Å². The van der Waals surface area contributed by atoms with E-state index in [1.54, 1.807) is 0 Å². The number of fused-ring (bicyclic) bond motifs is 1. The molecule has 0 saturated heterocycles. The van der Waals surface area contributed by atoms with Crippen molar-refractivity contribution in [3.63, 3.8) is 0 Å². The van der Waals surface area contributed by atoms with Gasteiger partial charge >= 0.3 is 0 Å². The molecule has 0 spiro atoms. The number of nitrogens with one attached hydrogen (secondary N) is 3. The Morgan fingerprint density at radius 2 is 2.10 bits per heavy atom. The van der Waals surface area contributed by atoms with Crippen molar-refractivity contribution in [3.8, 4) is 0 Å². The van der Waals surface area contributed by atoms with Crippen molar-refractivity contribution >= 4 is 11.7 Å². The standard InChI is InChI=1S/C16H22N4O/c17-13-6-2-1-4-12(13)15(18)20-16(21)11-5-3-7-14-10(11)8-9-19-14/h8-9,11,19H,1-7,17H2,(H2,18,20,21). The Bertz CT molecular complexity index is 599. The van der Waals surface area contributed by atoms with Crippen LogP contribution < -0.4 is 11.1 Å². The maximum Gasteiger partial charge on any atom is 0.233 e. The molecule has 2 aliphatic rings. The molecule has 0 radical (unpaired) electrons. The average Bonchev–Trinajstić information content (AvgIpc) is 2.95. The summed E-state index contributed by atoms with van der Waals surface area (Å²) in [5.74, 6) is -0.0305. The lowest BCUT2D eigenvalue weighted by atomic mass is 9.86. The van der Waals surface area contributed by atoms with Crippen molar-refractivity contribution in [3.05, 3.63) is 34.8 Å². The van der Waals surface area contributed by atoms with Crippen molar-refractivity contribution in [2.75, 3.05) is 0 Å². The largest absolute Gasteiger partial charge is 0.402 e. The van der Waals surface area contributed by atoms with Crippen LogP contribution in [0.2, 0.25) is 0 Å². The van der Waals surface area contributed by atoms with Gasteiger partial charge in [-0.1, -0.05) is 0 Å². The molecule has 1 aromatic heterocycles. The van der Waals surface area contributed by atoms with Crippen molar-refractivity contribution < 1.29 is 4.79 Å². The normalized spacial score (nSPS) is 21.8. The summed E-state index contributed by atoms with van der Waals surface area (Å²) >= 11 is 0. The Hall–Kier alpha value is -2.04. The number of carbonyl (C=O) groups is 1. The topological polar surface area (TPSA) is 94.8 Å². The molecule has 21 heavy (non-hydrogen) atoms. The van der Waals surface area contributed by atoms with E-state index in [0.29, 0.717) is 0 Å². The predicted octanol–water partition coefficient (Wildman–Crippen LogP) is 2.31. The summed E-state index contributed by atoms with van der Waals surface area (Å²) in [6.07, 6.45) is 8.49. The molecular formula is C16H22N4O. The number of H-pyrrole nitrogens is 1. The maximum atomic E-state index is 12.5. The summed E-state index contributed by atoms with van der Waals surface area (Å²) in [6, 6.07) is 1.98. The van der Waals surface area contributed by atoms with E-state index in [1.807, 2.05) is 12.3 Å². The van der Waals surface area contributed by atoms with Crippen molar-refractivity contribution in [2.45, 2.75) is 50.9 Å². The molecule has 1 amide bonds. The van der Waals surface area contributed by atoms with Crippen molar-refractivity contribution in [1.82, 2.24) is 10.3 Å². The molecule has 5 nitrogen and oxygen atoms in total. The van der Waals surface area contributed by atoms with Crippen LogP contribution in [0.3, 0.4) is 0 Å². The van der Waals surface area contributed by atoms with Crippen LogP contribution in [0, 0.1) is 5.41 Å². The molecule has 0 fully saturated rings. The molecular weight excluding hydrogens is 264 g/mol. The Labute approximate surface area is 124 Å². The molecule has 5 heteroatoms. The quantitative estimate of drug-likeness (QED) is 0.496.